The molecule has 1 amide bonds. The van der Waals surface area contributed by atoms with E-state index < -0.39 is 17.2 Å². The number of carbonyl (C=O) groups is 1. The number of amides is 1. The number of β-amino-alcohol motifs (C(OH)–C–C–N with tert-alkyl or cyclic N) is 1. The van der Waals surface area contributed by atoms with Crippen molar-refractivity contribution >= 4 is 17.7 Å². The Morgan fingerprint density at radius 3 is 2.84 bits per heavy atom. The van der Waals surface area contributed by atoms with Gasteiger partial charge in [0.15, 0.2) is 0 Å². The lowest BCUT2D eigenvalue weighted by Crippen LogP contribution is -2.34. The number of hydrogen-bond acceptors (Lipinski definition) is 3. The van der Waals surface area contributed by atoms with Crippen molar-refractivity contribution < 1.29 is 18.7 Å². The molecule has 0 aromatic heterocycles. The number of thioether (sulfide) groups is 1. The van der Waals surface area contributed by atoms with Crippen LogP contribution in [0.5, 0.6) is 0 Å². The summed E-state index contributed by atoms with van der Waals surface area (Å²) >= 11 is 1.04. The van der Waals surface area contributed by atoms with Gasteiger partial charge in [-0.2, -0.15) is 0 Å². The van der Waals surface area contributed by atoms with Gasteiger partial charge in [-0.3, -0.25) is 4.79 Å². The second kappa shape index (κ2) is 5.46. The number of nitrogens with zero attached hydrogens (tertiary/aromatic N) is 1. The summed E-state index contributed by atoms with van der Waals surface area (Å²) < 4.78 is 26.1. The lowest BCUT2D eigenvalue weighted by atomic mass is 10.1. The van der Waals surface area contributed by atoms with Crippen molar-refractivity contribution in [3.05, 3.63) is 29.8 Å². The summed E-state index contributed by atoms with van der Waals surface area (Å²) in [4.78, 5) is 13.7. The Kier molecular flexibility index (Phi) is 4.10. The molecule has 19 heavy (non-hydrogen) atoms. The van der Waals surface area contributed by atoms with E-state index in [1.165, 1.54) is 6.07 Å². The van der Waals surface area contributed by atoms with E-state index in [0.717, 1.165) is 23.9 Å². The highest BCUT2D eigenvalue weighted by Crippen LogP contribution is 2.25. The first-order valence-corrected chi connectivity index (χ1v) is 6.94. The van der Waals surface area contributed by atoms with E-state index in [4.69, 9.17) is 0 Å². The fourth-order valence-corrected chi connectivity index (χ4v) is 2.80. The van der Waals surface area contributed by atoms with Gasteiger partial charge in [-0.05, 0) is 25.5 Å². The zero-order valence-electron chi connectivity index (χ0n) is 10.5. The summed E-state index contributed by atoms with van der Waals surface area (Å²) in [6.07, 6.45) is 0.550. The molecule has 1 N–H and O–H groups in total. The van der Waals surface area contributed by atoms with E-state index in [0.29, 0.717) is 19.5 Å². The molecular formula is C13H15F2NO2S. The largest absolute Gasteiger partial charge is 0.388 e. The van der Waals surface area contributed by atoms with E-state index in [2.05, 4.69) is 0 Å². The normalized spacial score (nSPS) is 22.8. The molecule has 1 aromatic carbocycles. The van der Waals surface area contributed by atoms with Crippen LogP contribution < -0.4 is 0 Å². The first kappa shape index (κ1) is 14.3. The molecule has 1 atom stereocenters. The third-order valence-corrected chi connectivity index (χ3v) is 4.08. The third-order valence-electron chi connectivity index (χ3n) is 3.05. The van der Waals surface area contributed by atoms with Crippen LogP contribution in [0.4, 0.5) is 8.78 Å². The highest BCUT2D eigenvalue weighted by Gasteiger charge is 2.33. The predicted octanol–water partition coefficient (Wildman–Crippen LogP) is 2.04. The molecule has 6 heteroatoms. The number of hydrogen-bond donors (Lipinski definition) is 1. The third kappa shape index (κ3) is 3.67. The van der Waals surface area contributed by atoms with Gasteiger partial charge in [-0.15, -0.1) is 11.8 Å². The molecule has 1 aliphatic heterocycles. The van der Waals surface area contributed by atoms with Crippen LogP contribution in [0.15, 0.2) is 23.1 Å². The van der Waals surface area contributed by atoms with Gasteiger partial charge in [0, 0.05) is 24.1 Å². The van der Waals surface area contributed by atoms with Gasteiger partial charge in [0.1, 0.15) is 11.6 Å². The Hall–Kier alpha value is -1.14. The number of rotatable bonds is 3. The average molecular weight is 287 g/mol. The van der Waals surface area contributed by atoms with E-state index in [1.807, 2.05) is 0 Å². The van der Waals surface area contributed by atoms with Gasteiger partial charge in [0.05, 0.1) is 11.4 Å². The summed E-state index contributed by atoms with van der Waals surface area (Å²) in [6, 6.07) is 3.28. The van der Waals surface area contributed by atoms with Crippen LogP contribution in [0.1, 0.15) is 13.3 Å². The molecule has 0 spiro atoms. The Labute approximate surface area is 114 Å². The second-order valence-corrected chi connectivity index (χ2v) is 5.94. The molecule has 0 aliphatic carbocycles. The fourth-order valence-electron chi connectivity index (χ4n) is 1.98. The molecule has 0 saturated carbocycles. The first-order chi connectivity index (χ1) is 8.87. The van der Waals surface area contributed by atoms with Crippen molar-refractivity contribution in [2.45, 2.75) is 23.8 Å². The summed E-state index contributed by atoms with van der Waals surface area (Å²) in [5.74, 6) is -1.36. The number of benzene rings is 1. The topological polar surface area (TPSA) is 40.5 Å². The molecule has 1 aromatic rings. The Bertz CT molecular complexity index is 494. The lowest BCUT2D eigenvalue weighted by Gasteiger charge is -2.18. The van der Waals surface area contributed by atoms with Gasteiger partial charge in [0.2, 0.25) is 5.91 Å². The minimum Gasteiger partial charge on any atom is -0.388 e. The SMILES string of the molecule is CC1(O)CCN(C(=O)CSc2ccc(F)cc2F)C1. The summed E-state index contributed by atoms with van der Waals surface area (Å²) in [7, 11) is 0. The quantitative estimate of drug-likeness (QED) is 0.865. The molecule has 1 heterocycles. The average Bonchev–Trinajstić information content (AvgIpc) is 2.68. The highest BCUT2D eigenvalue weighted by molar-refractivity contribution is 8.00. The fraction of sp³-hybridized carbons (Fsp3) is 0.462. The second-order valence-electron chi connectivity index (χ2n) is 4.93. The van der Waals surface area contributed by atoms with Gasteiger partial charge in [-0.25, -0.2) is 8.78 Å². The van der Waals surface area contributed by atoms with Crippen molar-refractivity contribution in [1.82, 2.24) is 4.90 Å². The molecule has 1 fully saturated rings. The number of likely N-dealkylation sites (tertiary alicyclic amines) is 1. The van der Waals surface area contributed by atoms with Crippen LogP contribution in [0.25, 0.3) is 0 Å². The van der Waals surface area contributed by atoms with Crippen molar-refractivity contribution in [1.29, 1.82) is 0 Å². The van der Waals surface area contributed by atoms with E-state index in [-0.39, 0.29) is 16.6 Å². The number of halogens is 2. The summed E-state index contributed by atoms with van der Waals surface area (Å²) in [5, 5.41) is 9.77. The molecular weight excluding hydrogens is 272 g/mol. The van der Waals surface area contributed by atoms with E-state index >= 15 is 0 Å². The molecule has 2 rings (SSSR count). The maximum absolute atomic E-state index is 13.4. The Morgan fingerprint density at radius 2 is 2.26 bits per heavy atom. The lowest BCUT2D eigenvalue weighted by molar-refractivity contribution is -0.128. The minimum atomic E-state index is -0.832. The molecule has 104 valence electrons. The van der Waals surface area contributed by atoms with Crippen molar-refractivity contribution in [3.63, 3.8) is 0 Å². The maximum Gasteiger partial charge on any atom is 0.233 e. The molecule has 1 saturated heterocycles. The Balaban J connectivity index is 1.90. The zero-order chi connectivity index (χ0) is 14.0. The number of carbonyl (C=O) groups excluding carboxylic acids is 1. The molecule has 1 unspecified atom stereocenters. The summed E-state index contributed by atoms with van der Waals surface area (Å²) in [5.41, 5.74) is -0.832. The minimum absolute atomic E-state index is 0.0820. The van der Waals surface area contributed by atoms with Gasteiger partial charge < -0.3 is 10.0 Å². The monoisotopic (exact) mass is 287 g/mol. The van der Waals surface area contributed by atoms with Crippen LogP contribution >= 0.6 is 11.8 Å². The van der Waals surface area contributed by atoms with Crippen molar-refractivity contribution in [2.24, 2.45) is 0 Å². The Morgan fingerprint density at radius 1 is 1.53 bits per heavy atom. The van der Waals surface area contributed by atoms with Crippen LogP contribution in [0.3, 0.4) is 0 Å². The first-order valence-electron chi connectivity index (χ1n) is 5.95. The highest BCUT2D eigenvalue weighted by atomic mass is 32.2. The van der Waals surface area contributed by atoms with E-state index in [1.54, 1.807) is 11.8 Å². The van der Waals surface area contributed by atoms with Crippen LogP contribution in [-0.4, -0.2) is 40.4 Å². The maximum atomic E-state index is 13.4. The zero-order valence-corrected chi connectivity index (χ0v) is 11.3. The molecule has 1 aliphatic rings. The summed E-state index contributed by atoms with van der Waals surface area (Å²) in [6.45, 7) is 2.50. The standard InChI is InChI=1S/C13H15F2NO2S/c1-13(18)4-5-16(8-13)12(17)7-19-11-3-2-9(14)6-10(11)15/h2-3,6,18H,4-5,7-8H2,1H3. The van der Waals surface area contributed by atoms with Gasteiger partial charge in [0.25, 0.3) is 0 Å². The van der Waals surface area contributed by atoms with Gasteiger partial charge in [-0.1, -0.05) is 0 Å². The van der Waals surface area contributed by atoms with Crippen molar-refractivity contribution in [2.75, 3.05) is 18.8 Å². The van der Waals surface area contributed by atoms with Crippen LogP contribution in [-0.2, 0) is 4.79 Å². The predicted molar refractivity (Wildman–Crippen MR) is 68.9 cm³/mol. The van der Waals surface area contributed by atoms with Crippen molar-refractivity contribution in [3.8, 4) is 0 Å². The molecule has 3 nitrogen and oxygen atoms in total. The number of aliphatic hydroxyl groups is 1. The molecule has 0 radical (unpaired) electrons. The van der Waals surface area contributed by atoms with E-state index in [9.17, 15) is 18.7 Å². The van der Waals surface area contributed by atoms with Crippen LogP contribution in [0.2, 0.25) is 0 Å². The van der Waals surface area contributed by atoms with Crippen LogP contribution in [0, 0.1) is 11.6 Å². The van der Waals surface area contributed by atoms with Gasteiger partial charge >= 0.3 is 0 Å². The smallest absolute Gasteiger partial charge is 0.233 e. The molecule has 0 bridgehead atoms.